The van der Waals surface area contributed by atoms with E-state index in [1.165, 1.54) is 18.4 Å². The number of methoxy groups -OCH3 is 1. The molecular weight excluding hydrogens is 292 g/mol. The van der Waals surface area contributed by atoms with E-state index >= 15 is 0 Å². The van der Waals surface area contributed by atoms with Crippen molar-refractivity contribution in [1.29, 1.82) is 0 Å². The number of hydrogen-bond donors (Lipinski definition) is 2. The lowest BCUT2D eigenvalue weighted by Crippen LogP contribution is -2.54. The van der Waals surface area contributed by atoms with Crippen molar-refractivity contribution in [2.75, 3.05) is 25.6 Å². The maximum Gasteiger partial charge on any atom is 0.341 e. The molecule has 0 aromatic carbocycles. The molecule has 6 nitrogen and oxygen atoms in total. The molecule has 1 aromatic heterocycles. The van der Waals surface area contributed by atoms with Gasteiger partial charge in [0, 0.05) is 18.1 Å². The van der Waals surface area contributed by atoms with Crippen LogP contribution in [0.2, 0.25) is 0 Å². The smallest absolute Gasteiger partial charge is 0.341 e. The molecule has 0 bridgehead atoms. The first-order valence-electron chi connectivity index (χ1n) is 6.75. The van der Waals surface area contributed by atoms with Gasteiger partial charge in [0.1, 0.15) is 10.5 Å². The van der Waals surface area contributed by atoms with Crippen LogP contribution in [0.1, 0.15) is 33.6 Å². The van der Waals surface area contributed by atoms with Crippen LogP contribution in [0, 0.1) is 13.8 Å². The molecule has 1 amide bonds. The van der Waals surface area contributed by atoms with Gasteiger partial charge in [-0.15, -0.1) is 11.3 Å². The molecule has 21 heavy (non-hydrogen) atoms. The van der Waals surface area contributed by atoms with E-state index in [4.69, 9.17) is 15.2 Å². The minimum Gasteiger partial charge on any atom is -0.465 e. The summed E-state index contributed by atoms with van der Waals surface area (Å²) in [6.45, 7) is 4.67. The Morgan fingerprint density at radius 1 is 1.33 bits per heavy atom. The topological polar surface area (TPSA) is 90.7 Å². The molecule has 2 rings (SSSR count). The lowest BCUT2D eigenvalue weighted by atomic mass is 9.90. The summed E-state index contributed by atoms with van der Waals surface area (Å²) >= 11 is 1.36. The van der Waals surface area contributed by atoms with Crippen molar-refractivity contribution in [2.45, 2.75) is 32.2 Å². The van der Waals surface area contributed by atoms with Crippen molar-refractivity contribution < 1.29 is 19.1 Å². The molecule has 116 valence electrons. The van der Waals surface area contributed by atoms with E-state index < -0.39 is 11.5 Å². The van der Waals surface area contributed by atoms with Gasteiger partial charge in [0.25, 0.3) is 0 Å². The number of carbonyl (C=O) groups excluding carboxylic acids is 2. The summed E-state index contributed by atoms with van der Waals surface area (Å²) in [4.78, 5) is 25.3. The fourth-order valence-corrected chi connectivity index (χ4v) is 3.30. The van der Waals surface area contributed by atoms with Gasteiger partial charge in [-0.2, -0.15) is 0 Å². The molecule has 2 heterocycles. The average molecular weight is 312 g/mol. The van der Waals surface area contributed by atoms with Gasteiger partial charge in [-0.05, 0) is 32.3 Å². The lowest BCUT2D eigenvalue weighted by Gasteiger charge is -2.31. The SMILES string of the molecule is COC(=O)c1c(NC(=O)C2(N)CCOCC2)sc(C)c1C. The first-order valence-corrected chi connectivity index (χ1v) is 7.57. The second-order valence-corrected chi connectivity index (χ2v) is 6.43. The number of carbonyl (C=O) groups is 2. The molecule has 1 aliphatic heterocycles. The van der Waals surface area contributed by atoms with Gasteiger partial charge in [-0.25, -0.2) is 4.79 Å². The Balaban J connectivity index is 2.25. The van der Waals surface area contributed by atoms with Crippen LogP contribution >= 0.6 is 11.3 Å². The molecule has 3 N–H and O–H groups in total. The summed E-state index contributed by atoms with van der Waals surface area (Å²) in [5.74, 6) is -0.734. The average Bonchev–Trinajstić information content (AvgIpc) is 2.74. The standard InChI is InChI=1S/C14H20N2O4S/c1-8-9(2)21-11(10(8)12(17)19-3)16-13(18)14(15)4-6-20-7-5-14/h4-7,15H2,1-3H3,(H,16,18). The van der Waals surface area contributed by atoms with E-state index in [1.54, 1.807) is 0 Å². The fraction of sp³-hybridized carbons (Fsp3) is 0.571. The first kappa shape index (κ1) is 15.9. The minimum atomic E-state index is -0.947. The molecular formula is C14H20N2O4S. The van der Waals surface area contributed by atoms with Crippen molar-refractivity contribution in [3.05, 3.63) is 16.0 Å². The minimum absolute atomic E-state index is 0.280. The molecule has 0 unspecified atom stereocenters. The highest BCUT2D eigenvalue weighted by Gasteiger charge is 2.37. The number of thiophene rings is 1. The van der Waals surface area contributed by atoms with Crippen molar-refractivity contribution in [3.63, 3.8) is 0 Å². The molecule has 0 atom stereocenters. The molecule has 1 aromatic rings. The molecule has 0 aliphatic carbocycles. The quantitative estimate of drug-likeness (QED) is 0.827. The van der Waals surface area contributed by atoms with Gasteiger partial charge in [-0.1, -0.05) is 0 Å². The second kappa shape index (κ2) is 6.13. The number of nitrogens with two attached hydrogens (primary N) is 1. The summed E-state index contributed by atoms with van der Waals surface area (Å²) < 4.78 is 10.0. The first-order chi connectivity index (χ1) is 9.89. The number of ether oxygens (including phenoxy) is 2. The Kier molecular flexibility index (Phi) is 4.65. The number of anilines is 1. The van der Waals surface area contributed by atoms with Gasteiger partial charge in [0.05, 0.1) is 12.7 Å². The molecule has 0 saturated carbocycles. The summed E-state index contributed by atoms with van der Waals surface area (Å²) in [7, 11) is 1.32. The maximum atomic E-state index is 12.4. The maximum absolute atomic E-state index is 12.4. The van der Waals surface area contributed by atoms with E-state index in [9.17, 15) is 9.59 Å². The van der Waals surface area contributed by atoms with Crippen LogP contribution in [0.3, 0.4) is 0 Å². The van der Waals surface area contributed by atoms with Crippen molar-refractivity contribution in [2.24, 2.45) is 5.73 Å². The van der Waals surface area contributed by atoms with Gasteiger partial charge in [0.15, 0.2) is 0 Å². The van der Waals surface area contributed by atoms with Gasteiger partial charge in [-0.3, -0.25) is 4.79 Å². The number of amides is 1. The highest BCUT2D eigenvalue weighted by molar-refractivity contribution is 7.16. The van der Waals surface area contributed by atoms with E-state index in [1.807, 2.05) is 13.8 Å². The van der Waals surface area contributed by atoms with E-state index in [0.29, 0.717) is 36.6 Å². The third-order valence-electron chi connectivity index (χ3n) is 3.84. The van der Waals surface area contributed by atoms with Crippen LogP contribution in [-0.4, -0.2) is 37.7 Å². The van der Waals surface area contributed by atoms with E-state index in [0.717, 1.165) is 10.4 Å². The third kappa shape index (κ3) is 3.09. The molecule has 0 radical (unpaired) electrons. The van der Waals surface area contributed by atoms with Crippen molar-refractivity contribution >= 4 is 28.2 Å². The predicted octanol–water partition coefficient (Wildman–Crippen LogP) is 1.60. The van der Waals surface area contributed by atoms with Crippen LogP contribution in [0.4, 0.5) is 5.00 Å². The number of esters is 1. The summed E-state index contributed by atoms with van der Waals surface area (Å²) in [6.07, 6.45) is 0.936. The van der Waals surface area contributed by atoms with E-state index in [2.05, 4.69) is 5.32 Å². The van der Waals surface area contributed by atoms with Crippen LogP contribution < -0.4 is 11.1 Å². The largest absolute Gasteiger partial charge is 0.465 e. The molecule has 0 spiro atoms. The summed E-state index contributed by atoms with van der Waals surface area (Å²) in [6, 6.07) is 0. The van der Waals surface area contributed by atoms with Gasteiger partial charge < -0.3 is 20.5 Å². The van der Waals surface area contributed by atoms with Crippen molar-refractivity contribution in [1.82, 2.24) is 0 Å². The number of nitrogens with one attached hydrogen (secondary N) is 1. The Hall–Kier alpha value is -1.44. The fourth-order valence-electron chi connectivity index (χ4n) is 2.25. The molecule has 1 fully saturated rings. The number of rotatable bonds is 3. The number of hydrogen-bond acceptors (Lipinski definition) is 6. The Bertz CT molecular complexity index is 562. The molecule has 1 saturated heterocycles. The van der Waals surface area contributed by atoms with Crippen LogP contribution in [0.5, 0.6) is 0 Å². The Morgan fingerprint density at radius 2 is 1.95 bits per heavy atom. The monoisotopic (exact) mass is 312 g/mol. The molecule has 1 aliphatic rings. The molecule has 7 heteroatoms. The lowest BCUT2D eigenvalue weighted by molar-refractivity contribution is -0.124. The van der Waals surface area contributed by atoms with Crippen molar-refractivity contribution in [3.8, 4) is 0 Å². The van der Waals surface area contributed by atoms with E-state index in [-0.39, 0.29) is 5.91 Å². The third-order valence-corrected chi connectivity index (χ3v) is 4.96. The second-order valence-electron chi connectivity index (χ2n) is 5.20. The summed E-state index contributed by atoms with van der Waals surface area (Å²) in [5.41, 5.74) is 6.43. The number of aryl methyl sites for hydroxylation is 1. The normalized spacial score (nSPS) is 17.3. The zero-order chi connectivity index (χ0) is 15.6. The predicted molar refractivity (Wildman–Crippen MR) is 80.7 cm³/mol. The van der Waals surface area contributed by atoms with Gasteiger partial charge in [0.2, 0.25) is 5.91 Å². The Labute approximate surface area is 127 Å². The Morgan fingerprint density at radius 3 is 2.52 bits per heavy atom. The zero-order valence-corrected chi connectivity index (χ0v) is 13.3. The highest BCUT2D eigenvalue weighted by Crippen LogP contribution is 2.34. The highest BCUT2D eigenvalue weighted by atomic mass is 32.1. The van der Waals surface area contributed by atoms with Gasteiger partial charge >= 0.3 is 5.97 Å². The zero-order valence-electron chi connectivity index (χ0n) is 12.4. The van der Waals surface area contributed by atoms with Crippen LogP contribution in [0.15, 0.2) is 0 Å². The van der Waals surface area contributed by atoms with Crippen LogP contribution in [-0.2, 0) is 14.3 Å². The summed E-state index contributed by atoms with van der Waals surface area (Å²) in [5, 5.41) is 3.29. The van der Waals surface area contributed by atoms with Crippen LogP contribution in [0.25, 0.3) is 0 Å².